The fraction of sp³-hybridized carbons (Fsp3) is 0.0952. The number of carbonyl (C=O) groups excluding carboxylic acids is 2. The molecular weight excluding hydrogens is 400 g/mol. The molecule has 0 saturated heterocycles. The summed E-state index contributed by atoms with van der Waals surface area (Å²) in [5, 5.41) is 5.72. The molecule has 3 heterocycles. The minimum atomic E-state index is -0.244. The summed E-state index contributed by atoms with van der Waals surface area (Å²) in [4.78, 5) is 32.7. The van der Waals surface area contributed by atoms with Gasteiger partial charge in [-0.3, -0.25) is 28.7 Å². The van der Waals surface area contributed by atoms with Crippen molar-refractivity contribution in [2.75, 3.05) is 0 Å². The molecule has 0 atom stereocenters. The molecule has 8 nitrogen and oxygen atoms in total. The summed E-state index contributed by atoms with van der Waals surface area (Å²) in [6, 6.07) is 14.4. The maximum Gasteiger partial charge on any atom is 0.254 e. The smallest absolute Gasteiger partial charge is 0.254 e. The highest BCUT2D eigenvalue weighted by Crippen LogP contribution is 2.17. The molecule has 2 N–H and O–H groups in total. The molecule has 3 aromatic heterocycles. The second kappa shape index (κ2) is 8.66. The molecule has 1 aromatic carbocycles. The van der Waals surface area contributed by atoms with E-state index < -0.39 is 0 Å². The average molecular weight is 418 g/mol. The van der Waals surface area contributed by atoms with Gasteiger partial charge in [0.15, 0.2) is 4.77 Å². The Morgan fingerprint density at radius 2 is 1.23 bits per heavy atom. The molecule has 0 aliphatic carbocycles. The maximum atomic E-state index is 12.4. The average Bonchev–Trinajstić information content (AvgIpc) is 3.07. The number of hydrogen-bond donors (Lipinski definition) is 2. The summed E-state index contributed by atoms with van der Waals surface area (Å²) in [6.07, 6.45) is 6.23. The summed E-state index contributed by atoms with van der Waals surface area (Å²) < 4.78 is 4.11. The number of fused-ring (bicyclic) bond motifs is 1. The van der Waals surface area contributed by atoms with Gasteiger partial charge in [-0.2, -0.15) is 0 Å². The minimum absolute atomic E-state index is 0.191. The van der Waals surface area contributed by atoms with Crippen molar-refractivity contribution in [2.24, 2.45) is 0 Å². The number of amides is 2. The molecule has 4 aromatic rings. The van der Waals surface area contributed by atoms with Crippen molar-refractivity contribution in [1.82, 2.24) is 29.7 Å². The van der Waals surface area contributed by atoms with E-state index >= 15 is 0 Å². The molecular formula is C21H18N6O2S. The summed E-state index contributed by atoms with van der Waals surface area (Å²) in [7, 11) is 0. The van der Waals surface area contributed by atoms with E-state index in [0.717, 1.165) is 11.0 Å². The fourth-order valence-corrected chi connectivity index (χ4v) is 3.40. The Kier molecular flexibility index (Phi) is 5.62. The predicted molar refractivity (Wildman–Crippen MR) is 114 cm³/mol. The zero-order valence-electron chi connectivity index (χ0n) is 15.9. The van der Waals surface area contributed by atoms with Gasteiger partial charge in [-0.1, -0.05) is 12.1 Å². The van der Waals surface area contributed by atoms with Crippen molar-refractivity contribution in [3.63, 3.8) is 0 Å². The predicted octanol–water partition coefficient (Wildman–Crippen LogP) is 2.74. The van der Waals surface area contributed by atoms with E-state index in [0.29, 0.717) is 15.9 Å². The minimum Gasteiger partial charge on any atom is -0.334 e. The Bertz CT molecular complexity index is 1160. The van der Waals surface area contributed by atoms with Gasteiger partial charge < -0.3 is 10.6 Å². The van der Waals surface area contributed by atoms with Crippen LogP contribution < -0.4 is 10.6 Å². The Labute approximate surface area is 177 Å². The van der Waals surface area contributed by atoms with E-state index in [2.05, 4.69) is 20.6 Å². The molecule has 0 unspecified atom stereocenters. The summed E-state index contributed by atoms with van der Waals surface area (Å²) in [5.74, 6) is -0.488. The number of hydrogen-bond acceptors (Lipinski definition) is 5. The molecule has 4 rings (SSSR count). The molecule has 30 heavy (non-hydrogen) atoms. The number of pyridine rings is 2. The highest BCUT2D eigenvalue weighted by atomic mass is 32.1. The first-order valence-electron chi connectivity index (χ1n) is 9.19. The van der Waals surface area contributed by atoms with E-state index in [1.807, 2.05) is 33.4 Å². The van der Waals surface area contributed by atoms with Gasteiger partial charge in [-0.05, 0) is 48.6 Å². The number of rotatable bonds is 6. The molecule has 9 heteroatoms. The van der Waals surface area contributed by atoms with Crippen molar-refractivity contribution in [3.05, 3.63) is 89.2 Å². The number of imidazole rings is 1. The van der Waals surface area contributed by atoms with Gasteiger partial charge in [0, 0.05) is 24.8 Å². The van der Waals surface area contributed by atoms with Crippen LogP contribution in [-0.2, 0) is 13.3 Å². The molecule has 0 radical (unpaired) electrons. The summed E-state index contributed by atoms with van der Waals surface area (Å²) in [6.45, 7) is 0.382. The Morgan fingerprint density at radius 3 is 1.63 bits per heavy atom. The van der Waals surface area contributed by atoms with E-state index in [1.165, 1.54) is 12.4 Å². The van der Waals surface area contributed by atoms with Crippen molar-refractivity contribution < 1.29 is 9.59 Å². The summed E-state index contributed by atoms with van der Waals surface area (Å²) >= 11 is 5.63. The van der Waals surface area contributed by atoms with Crippen molar-refractivity contribution in [3.8, 4) is 0 Å². The van der Waals surface area contributed by atoms with Crippen LogP contribution in [0.15, 0.2) is 73.3 Å². The fourth-order valence-electron chi connectivity index (χ4n) is 3.08. The van der Waals surface area contributed by atoms with Crippen LogP contribution in [0.3, 0.4) is 0 Å². The van der Waals surface area contributed by atoms with E-state index in [9.17, 15) is 9.59 Å². The number of nitrogens with one attached hydrogen (secondary N) is 2. The lowest BCUT2D eigenvalue weighted by Gasteiger charge is -2.08. The van der Waals surface area contributed by atoms with Crippen LogP contribution in [0.4, 0.5) is 0 Å². The van der Waals surface area contributed by atoms with Gasteiger partial charge in [-0.25, -0.2) is 0 Å². The van der Waals surface area contributed by atoms with Gasteiger partial charge in [0.1, 0.15) is 0 Å². The van der Waals surface area contributed by atoms with E-state index in [-0.39, 0.29) is 25.2 Å². The molecule has 2 amide bonds. The second-order valence-corrected chi connectivity index (χ2v) is 6.80. The molecule has 0 aliphatic heterocycles. The molecule has 0 aliphatic rings. The highest BCUT2D eigenvalue weighted by molar-refractivity contribution is 7.71. The second-order valence-electron chi connectivity index (χ2n) is 6.44. The Balaban J connectivity index is 1.56. The molecule has 0 spiro atoms. The number of para-hydroxylation sites is 2. The zero-order chi connectivity index (χ0) is 20.9. The van der Waals surface area contributed by atoms with Gasteiger partial charge in [0.25, 0.3) is 11.8 Å². The molecule has 0 saturated carbocycles. The lowest BCUT2D eigenvalue weighted by atomic mass is 10.3. The van der Waals surface area contributed by atoms with E-state index in [4.69, 9.17) is 12.2 Å². The third-order valence-corrected chi connectivity index (χ3v) is 5.01. The third-order valence-electron chi connectivity index (χ3n) is 4.57. The van der Waals surface area contributed by atoms with E-state index in [1.54, 1.807) is 36.7 Å². The number of aromatic nitrogens is 4. The van der Waals surface area contributed by atoms with Crippen molar-refractivity contribution in [2.45, 2.75) is 13.3 Å². The molecule has 0 bridgehead atoms. The third kappa shape index (κ3) is 3.96. The first-order valence-corrected chi connectivity index (χ1v) is 9.60. The quantitative estimate of drug-likeness (QED) is 0.470. The van der Waals surface area contributed by atoms with Crippen LogP contribution in [0, 0.1) is 4.77 Å². The largest absolute Gasteiger partial charge is 0.334 e. The SMILES string of the molecule is O=C(NCn1c(=S)n(CNC(=O)c2cccnc2)c2ccccc21)c1cccnc1. The van der Waals surface area contributed by atoms with Crippen LogP contribution in [0.2, 0.25) is 0 Å². The topological polar surface area (TPSA) is 93.8 Å². The zero-order valence-corrected chi connectivity index (χ0v) is 16.7. The first kappa shape index (κ1) is 19.5. The Morgan fingerprint density at radius 1 is 0.767 bits per heavy atom. The van der Waals surface area contributed by atoms with Gasteiger partial charge in [-0.15, -0.1) is 0 Å². The van der Waals surface area contributed by atoms with Crippen LogP contribution >= 0.6 is 12.2 Å². The lowest BCUT2D eigenvalue weighted by molar-refractivity contribution is 0.0936. The standard InChI is InChI=1S/C21H18N6O2S/c28-19(15-5-3-9-22-11-15)24-13-26-17-7-1-2-8-18(17)27(21(26)30)14-25-20(29)16-6-4-10-23-12-16/h1-12H,13-14H2,(H,24,28)(H,25,29). The van der Waals surface area contributed by atoms with Crippen molar-refractivity contribution >= 4 is 35.1 Å². The van der Waals surface area contributed by atoms with Gasteiger partial charge >= 0.3 is 0 Å². The van der Waals surface area contributed by atoms with Gasteiger partial charge in [0.2, 0.25) is 0 Å². The van der Waals surface area contributed by atoms with Crippen LogP contribution in [0.5, 0.6) is 0 Å². The number of benzene rings is 1. The Hall–Kier alpha value is -3.85. The van der Waals surface area contributed by atoms with Crippen LogP contribution in [0.25, 0.3) is 11.0 Å². The first-order chi connectivity index (χ1) is 14.6. The molecule has 150 valence electrons. The number of carbonyl (C=O) groups is 2. The highest BCUT2D eigenvalue weighted by Gasteiger charge is 2.13. The molecule has 0 fully saturated rings. The van der Waals surface area contributed by atoms with Crippen molar-refractivity contribution in [1.29, 1.82) is 0 Å². The van der Waals surface area contributed by atoms with Gasteiger partial charge in [0.05, 0.1) is 35.5 Å². The number of nitrogens with zero attached hydrogens (tertiary/aromatic N) is 4. The van der Waals surface area contributed by atoms with Crippen LogP contribution in [0.1, 0.15) is 20.7 Å². The maximum absolute atomic E-state index is 12.4. The normalized spacial score (nSPS) is 10.7. The monoisotopic (exact) mass is 418 g/mol. The van der Waals surface area contributed by atoms with Crippen LogP contribution in [-0.4, -0.2) is 30.9 Å². The lowest BCUT2D eigenvalue weighted by Crippen LogP contribution is -2.28. The summed E-state index contributed by atoms with van der Waals surface area (Å²) in [5.41, 5.74) is 2.64.